The number of likely N-dealkylation sites (tertiary alicyclic amines) is 1. The molecular formula is C27H26Cl2N2O5S. The van der Waals surface area contributed by atoms with Gasteiger partial charge in [-0.25, -0.2) is 0 Å². The first-order valence-electron chi connectivity index (χ1n) is 11.7. The van der Waals surface area contributed by atoms with Crippen LogP contribution < -0.4 is 9.47 Å². The summed E-state index contributed by atoms with van der Waals surface area (Å²) in [6, 6.07) is 8.87. The van der Waals surface area contributed by atoms with Crippen LogP contribution in [0.25, 0.3) is 6.08 Å². The van der Waals surface area contributed by atoms with E-state index in [9.17, 15) is 14.4 Å². The number of nitrogens with zero attached hydrogens (tertiary/aromatic N) is 2. The average Bonchev–Trinajstić information content (AvgIpc) is 3.50. The molecule has 2 saturated heterocycles. The first-order valence-corrected chi connectivity index (χ1v) is 13.3. The molecule has 0 aliphatic carbocycles. The molecule has 0 saturated carbocycles. The number of ether oxygens (including phenoxy) is 2. The molecule has 0 bridgehead atoms. The Kier molecular flexibility index (Phi) is 8.84. The molecule has 4 rings (SSSR count). The summed E-state index contributed by atoms with van der Waals surface area (Å²) in [6.07, 6.45) is 5.73. The highest BCUT2D eigenvalue weighted by atomic mass is 35.5. The maximum Gasteiger partial charge on any atom is 0.294 e. The maximum absolute atomic E-state index is 13.0. The van der Waals surface area contributed by atoms with E-state index in [4.69, 9.17) is 32.7 Å². The third-order valence-corrected chi connectivity index (χ3v) is 7.68. The van der Waals surface area contributed by atoms with Gasteiger partial charge in [0.05, 0.1) is 22.1 Å². The predicted octanol–water partition coefficient (Wildman–Crippen LogP) is 5.97. The normalized spacial score (nSPS) is 16.6. The minimum absolute atomic E-state index is 0.209. The van der Waals surface area contributed by atoms with Crippen LogP contribution in [0.3, 0.4) is 0 Å². The number of hydrogen-bond donors (Lipinski definition) is 0. The van der Waals surface area contributed by atoms with Crippen molar-refractivity contribution in [3.63, 3.8) is 0 Å². The lowest BCUT2D eigenvalue weighted by atomic mass is 10.0. The highest BCUT2D eigenvalue weighted by Crippen LogP contribution is 2.38. The number of halogens is 2. The van der Waals surface area contributed by atoms with Gasteiger partial charge in [0.1, 0.15) is 13.2 Å². The van der Waals surface area contributed by atoms with E-state index in [1.165, 1.54) is 7.11 Å². The number of thioether (sulfide) groups is 1. The predicted molar refractivity (Wildman–Crippen MR) is 146 cm³/mol. The van der Waals surface area contributed by atoms with E-state index < -0.39 is 11.1 Å². The summed E-state index contributed by atoms with van der Waals surface area (Å²) in [5, 5.41) is 0.445. The van der Waals surface area contributed by atoms with Gasteiger partial charge in [-0.2, -0.15) is 0 Å². The largest absolute Gasteiger partial charge is 0.493 e. The van der Waals surface area contributed by atoms with Crippen LogP contribution >= 0.6 is 35.0 Å². The van der Waals surface area contributed by atoms with Crippen LogP contribution in [0, 0.1) is 0 Å². The quantitative estimate of drug-likeness (QED) is 0.278. The Labute approximate surface area is 230 Å². The van der Waals surface area contributed by atoms with Crippen LogP contribution in [0.5, 0.6) is 11.5 Å². The molecule has 2 fully saturated rings. The maximum atomic E-state index is 13.0. The number of carbonyl (C=O) groups excluding carboxylic acids is 3. The fraction of sp³-hybridized carbons (Fsp3) is 0.296. The van der Waals surface area contributed by atoms with Gasteiger partial charge in [-0.05, 0) is 72.5 Å². The smallest absolute Gasteiger partial charge is 0.294 e. The molecular weight excluding hydrogens is 535 g/mol. The molecule has 2 aromatic rings. The van der Waals surface area contributed by atoms with E-state index >= 15 is 0 Å². The number of benzene rings is 2. The minimum Gasteiger partial charge on any atom is -0.493 e. The SMILES string of the molecule is C=CCc1cc(/C=C2/SC(=O)N(CC(=O)N3CCCC3)C2=O)cc(OC)c1OCc1ccc(Cl)c(Cl)c1. The van der Waals surface area contributed by atoms with Gasteiger partial charge in [0.15, 0.2) is 11.5 Å². The lowest BCUT2D eigenvalue weighted by molar-refractivity contribution is -0.135. The van der Waals surface area contributed by atoms with Gasteiger partial charge < -0.3 is 14.4 Å². The van der Waals surface area contributed by atoms with Crippen molar-refractivity contribution in [2.75, 3.05) is 26.7 Å². The highest BCUT2D eigenvalue weighted by Gasteiger charge is 2.37. The molecule has 194 valence electrons. The summed E-state index contributed by atoms with van der Waals surface area (Å²) in [4.78, 5) is 40.9. The highest BCUT2D eigenvalue weighted by molar-refractivity contribution is 8.18. The minimum atomic E-state index is -0.480. The van der Waals surface area contributed by atoms with Gasteiger partial charge in [-0.1, -0.05) is 35.3 Å². The Balaban J connectivity index is 1.55. The number of hydrogen-bond acceptors (Lipinski definition) is 6. The second-order valence-corrected chi connectivity index (χ2v) is 10.4. The lowest BCUT2D eigenvalue weighted by Gasteiger charge is -2.18. The number of rotatable bonds is 9. The molecule has 2 aliphatic heterocycles. The number of imide groups is 1. The van der Waals surface area contributed by atoms with E-state index in [0.717, 1.165) is 40.6 Å². The van der Waals surface area contributed by atoms with Gasteiger partial charge in [0.2, 0.25) is 5.91 Å². The fourth-order valence-electron chi connectivity index (χ4n) is 4.16. The van der Waals surface area contributed by atoms with Gasteiger partial charge >= 0.3 is 0 Å². The monoisotopic (exact) mass is 560 g/mol. The zero-order chi connectivity index (χ0) is 26.5. The van der Waals surface area contributed by atoms with E-state index in [2.05, 4.69) is 6.58 Å². The van der Waals surface area contributed by atoms with Crippen LogP contribution in [0.2, 0.25) is 10.0 Å². The third kappa shape index (κ3) is 6.32. The van der Waals surface area contributed by atoms with Crippen molar-refractivity contribution < 1.29 is 23.9 Å². The van der Waals surface area contributed by atoms with E-state index in [1.807, 2.05) is 12.1 Å². The molecule has 3 amide bonds. The standard InChI is InChI=1S/C27H26Cl2N2O5S/c1-3-6-19-11-18(13-22(35-2)25(19)36-16-17-7-8-20(28)21(29)12-17)14-23-26(33)31(27(34)37-23)15-24(32)30-9-4-5-10-30/h3,7-8,11-14H,1,4-6,9-10,15-16H2,2H3/b23-14+. The van der Waals surface area contributed by atoms with Gasteiger partial charge in [-0.15, -0.1) is 6.58 Å². The number of amides is 3. The molecule has 2 heterocycles. The molecule has 37 heavy (non-hydrogen) atoms. The average molecular weight is 561 g/mol. The first-order chi connectivity index (χ1) is 17.8. The Bertz CT molecular complexity index is 1270. The molecule has 0 radical (unpaired) electrons. The van der Waals surface area contributed by atoms with Crippen LogP contribution in [0.1, 0.15) is 29.5 Å². The second kappa shape index (κ2) is 12.1. The van der Waals surface area contributed by atoms with Crippen molar-refractivity contribution in [2.24, 2.45) is 0 Å². The van der Waals surface area contributed by atoms with Crippen LogP contribution in [-0.4, -0.2) is 53.6 Å². The molecule has 0 N–H and O–H groups in total. The first kappa shape index (κ1) is 27.1. The Morgan fingerprint density at radius 1 is 1.14 bits per heavy atom. The summed E-state index contributed by atoms with van der Waals surface area (Å²) < 4.78 is 11.7. The van der Waals surface area contributed by atoms with Crippen LogP contribution in [0.15, 0.2) is 47.9 Å². The van der Waals surface area contributed by atoms with Gasteiger partial charge in [-0.3, -0.25) is 19.3 Å². The summed E-state index contributed by atoms with van der Waals surface area (Å²) in [7, 11) is 1.53. The molecule has 2 aliphatic rings. The van der Waals surface area contributed by atoms with Crippen molar-refractivity contribution in [3.05, 3.63) is 74.6 Å². The topological polar surface area (TPSA) is 76.2 Å². The van der Waals surface area contributed by atoms with E-state index in [1.54, 1.807) is 35.3 Å². The van der Waals surface area contributed by atoms with Crippen molar-refractivity contribution in [1.82, 2.24) is 9.80 Å². The van der Waals surface area contributed by atoms with Crippen molar-refractivity contribution in [3.8, 4) is 11.5 Å². The number of allylic oxidation sites excluding steroid dienone is 1. The van der Waals surface area contributed by atoms with Crippen LogP contribution in [-0.2, 0) is 22.6 Å². The molecule has 0 spiro atoms. The number of methoxy groups -OCH3 is 1. The van der Waals surface area contributed by atoms with Gasteiger partial charge in [0.25, 0.3) is 11.1 Å². The zero-order valence-electron chi connectivity index (χ0n) is 20.3. The summed E-state index contributed by atoms with van der Waals surface area (Å²) in [5.41, 5.74) is 2.29. The summed E-state index contributed by atoms with van der Waals surface area (Å²) >= 11 is 12.9. The van der Waals surface area contributed by atoms with Crippen LogP contribution in [0.4, 0.5) is 4.79 Å². The van der Waals surface area contributed by atoms with Crippen molar-refractivity contribution in [2.45, 2.75) is 25.9 Å². The zero-order valence-corrected chi connectivity index (χ0v) is 22.6. The Hall–Kier alpha value is -2.94. The number of carbonyl (C=O) groups is 3. The van der Waals surface area contributed by atoms with E-state index in [0.29, 0.717) is 46.6 Å². The fourth-order valence-corrected chi connectivity index (χ4v) is 5.32. The Morgan fingerprint density at radius 2 is 1.89 bits per heavy atom. The summed E-state index contributed by atoms with van der Waals surface area (Å²) in [6.45, 7) is 5.15. The Morgan fingerprint density at radius 3 is 2.57 bits per heavy atom. The van der Waals surface area contributed by atoms with Gasteiger partial charge in [0, 0.05) is 18.7 Å². The molecule has 0 aromatic heterocycles. The molecule has 10 heteroatoms. The second-order valence-electron chi connectivity index (χ2n) is 8.60. The molecule has 2 aromatic carbocycles. The molecule has 0 atom stereocenters. The van der Waals surface area contributed by atoms with E-state index in [-0.39, 0.29) is 24.0 Å². The van der Waals surface area contributed by atoms with Crippen molar-refractivity contribution in [1.29, 1.82) is 0 Å². The summed E-state index contributed by atoms with van der Waals surface area (Å²) in [5.74, 6) is 0.315. The lowest BCUT2D eigenvalue weighted by Crippen LogP contribution is -2.40. The van der Waals surface area contributed by atoms with Crippen molar-refractivity contribution >= 4 is 58.1 Å². The molecule has 7 nitrogen and oxygen atoms in total. The third-order valence-electron chi connectivity index (χ3n) is 6.03. The molecule has 0 unspecified atom stereocenters.